The second-order valence-electron chi connectivity index (χ2n) is 6.70. The van der Waals surface area contributed by atoms with Crippen LogP contribution in [0.5, 0.6) is 0 Å². The van der Waals surface area contributed by atoms with E-state index in [1.54, 1.807) is 0 Å². The molecule has 1 aliphatic heterocycles. The molecule has 1 unspecified atom stereocenters. The van der Waals surface area contributed by atoms with Gasteiger partial charge < -0.3 is 4.52 Å². The molecule has 0 aliphatic carbocycles. The number of non-ortho nitro benzene ring substituents is 1. The predicted octanol–water partition coefficient (Wildman–Crippen LogP) is 3.56. The minimum absolute atomic E-state index is 0.00204. The number of aromatic nitrogens is 2. The number of hydrogen-bond acceptors (Lipinski definition) is 7. The Kier molecular flexibility index (Phi) is 5.12. The first kappa shape index (κ1) is 19.2. The van der Waals surface area contributed by atoms with E-state index >= 15 is 0 Å². The van der Waals surface area contributed by atoms with Crippen LogP contribution >= 0.6 is 0 Å². The SMILES string of the molecule is O=[N+]([O-])c1ccc(S(=O)(=O)N2CCCCC2c2nc(-c3ccccc3)no2)cc1. The fourth-order valence-corrected chi connectivity index (χ4v) is 5.04. The van der Waals surface area contributed by atoms with Gasteiger partial charge in [-0.25, -0.2) is 8.42 Å². The summed E-state index contributed by atoms with van der Waals surface area (Å²) >= 11 is 0. The molecule has 0 amide bonds. The first-order chi connectivity index (χ1) is 14.0. The average Bonchev–Trinajstić information content (AvgIpc) is 3.25. The third kappa shape index (κ3) is 3.76. The van der Waals surface area contributed by atoms with Gasteiger partial charge in [0.25, 0.3) is 5.69 Å². The van der Waals surface area contributed by atoms with Gasteiger partial charge in [-0.15, -0.1) is 0 Å². The highest BCUT2D eigenvalue weighted by Gasteiger charge is 2.37. The number of benzene rings is 2. The van der Waals surface area contributed by atoms with E-state index in [-0.39, 0.29) is 16.5 Å². The Morgan fingerprint density at radius 3 is 2.48 bits per heavy atom. The molecule has 4 rings (SSSR count). The molecule has 9 nitrogen and oxygen atoms in total. The normalized spacial score (nSPS) is 17.9. The quantitative estimate of drug-likeness (QED) is 0.462. The summed E-state index contributed by atoms with van der Waals surface area (Å²) in [7, 11) is -3.87. The van der Waals surface area contributed by atoms with E-state index in [1.807, 2.05) is 30.3 Å². The number of nitro groups is 1. The van der Waals surface area contributed by atoms with Crippen LogP contribution in [0, 0.1) is 10.1 Å². The van der Waals surface area contributed by atoms with Crippen molar-refractivity contribution in [1.29, 1.82) is 0 Å². The highest BCUT2D eigenvalue weighted by atomic mass is 32.2. The van der Waals surface area contributed by atoms with Gasteiger partial charge in [-0.1, -0.05) is 41.9 Å². The smallest absolute Gasteiger partial charge is 0.269 e. The van der Waals surface area contributed by atoms with E-state index < -0.39 is 21.0 Å². The number of hydrogen-bond donors (Lipinski definition) is 0. The van der Waals surface area contributed by atoms with Gasteiger partial charge in [0.05, 0.1) is 9.82 Å². The molecular weight excluding hydrogens is 396 g/mol. The van der Waals surface area contributed by atoms with E-state index in [9.17, 15) is 18.5 Å². The Morgan fingerprint density at radius 2 is 1.79 bits per heavy atom. The van der Waals surface area contributed by atoms with Gasteiger partial charge in [0.2, 0.25) is 21.7 Å². The lowest BCUT2D eigenvalue weighted by molar-refractivity contribution is -0.384. The minimum atomic E-state index is -3.87. The fourth-order valence-electron chi connectivity index (χ4n) is 3.39. The summed E-state index contributed by atoms with van der Waals surface area (Å²) in [5.74, 6) is 0.646. The van der Waals surface area contributed by atoms with Crippen LogP contribution in [0.25, 0.3) is 11.4 Å². The molecule has 1 aromatic heterocycles. The molecule has 1 atom stereocenters. The van der Waals surface area contributed by atoms with Gasteiger partial charge in [-0.05, 0) is 25.0 Å². The summed E-state index contributed by atoms with van der Waals surface area (Å²) in [6.45, 7) is 0.313. The van der Waals surface area contributed by atoms with Gasteiger partial charge in [-0.3, -0.25) is 10.1 Å². The Morgan fingerprint density at radius 1 is 1.07 bits per heavy atom. The lowest BCUT2D eigenvalue weighted by Gasteiger charge is -2.32. The maximum atomic E-state index is 13.2. The standard InChI is InChI=1S/C19H18N4O5S/c24-23(25)15-9-11-16(12-10-15)29(26,27)22-13-5-4-8-17(22)19-20-18(21-28-19)14-6-2-1-3-7-14/h1-3,6-7,9-12,17H,4-5,8,13H2. The van der Waals surface area contributed by atoms with Crippen molar-refractivity contribution < 1.29 is 17.9 Å². The minimum Gasteiger partial charge on any atom is -0.337 e. The first-order valence-electron chi connectivity index (χ1n) is 9.12. The molecule has 2 aromatic carbocycles. The number of rotatable bonds is 5. The molecule has 0 radical (unpaired) electrons. The zero-order valence-electron chi connectivity index (χ0n) is 15.3. The van der Waals surface area contributed by atoms with Crippen molar-refractivity contribution in [2.24, 2.45) is 0 Å². The molecule has 150 valence electrons. The van der Waals surface area contributed by atoms with Gasteiger partial charge in [0.1, 0.15) is 6.04 Å². The molecule has 3 aromatic rings. The number of nitro benzene ring substituents is 1. The van der Waals surface area contributed by atoms with Crippen LogP contribution in [0.2, 0.25) is 0 Å². The van der Waals surface area contributed by atoms with Crippen LogP contribution in [0.1, 0.15) is 31.2 Å². The molecule has 0 saturated carbocycles. The molecule has 1 aliphatic rings. The summed E-state index contributed by atoms with van der Waals surface area (Å²) in [4.78, 5) is 14.7. The zero-order valence-corrected chi connectivity index (χ0v) is 16.2. The van der Waals surface area contributed by atoms with Crippen molar-refractivity contribution >= 4 is 15.7 Å². The maximum Gasteiger partial charge on any atom is 0.269 e. The van der Waals surface area contributed by atoms with Crippen LogP contribution in [-0.2, 0) is 10.0 Å². The fraction of sp³-hybridized carbons (Fsp3) is 0.263. The molecule has 1 fully saturated rings. The molecule has 0 bridgehead atoms. The van der Waals surface area contributed by atoms with Crippen LogP contribution in [0.4, 0.5) is 5.69 Å². The number of nitrogens with zero attached hydrogens (tertiary/aromatic N) is 4. The van der Waals surface area contributed by atoms with Crippen molar-refractivity contribution in [1.82, 2.24) is 14.4 Å². The largest absolute Gasteiger partial charge is 0.337 e. The molecule has 1 saturated heterocycles. The zero-order chi connectivity index (χ0) is 20.4. The monoisotopic (exact) mass is 414 g/mol. The Labute approximate surface area is 167 Å². The van der Waals surface area contributed by atoms with Gasteiger partial charge >= 0.3 is 0 Å². The highest BCUT2D eigenvalue weighted by Crippen LogP contribution is 2.35. The van der Waals surface area contributed by atoms with Gasteiger partial charge in [-0.2, -0.15) is 9.29 Å². The number of sulfonamides is 1. The predicted molar refractivity (Wildman–Crippen MR) is 103 cm³/mol. The Hall–Kier alpha value is -3.11. The van der Waals surface area contributed by atoms with Crippen molar-refractivity contribution in [3.05, 3.63) is 70.6 Å². The second kappa shape index (κ2) is 7.72. The van der Waals surface area contributed by atoms with Crippen LogP contribution in [-0.4, -0.2) is 34.3 Å². The molecule has 29 heavy (non-hydrogen) atoms. The summed E-state index contributed by atoms with van der Waals surface area (Å²) in [6.07, 6.45) is 2.10. The van der Waals surface area contributed by atoms with E-state index in [1.165, 1.54) is 28.6 Å². The van der Waals surface area contributed by atoms with E-state index in [0.717, 1.165) is 12.0 Å². The summed E-state index contributed by atoms with van der Waals surface area (Å²) in [5.41, 5.74) is 0.617. The first-order valence-corrected chi connectivity index (χ1v) is 10.6. The third-order valence-corrected chi connectivity index (χ3v) is 6.79. The lowest BCUT2D eigenvalue weighted by Crippen LogP contribution is -2.38. The van der Waals surface area contributed by atoms with Crippen molar-refractivity contribution in [2.75, 3.05) is 6.54 Å². The molecule has 10 heteroatoms. The average molecular weight is 414 g/mol. The summed E-state index contributed by atoms with van der Waals surface area (Å²) in [6, 6.07) is 13.6. The van der Waals surface area contributed by atoms with Gasteiger partial charge in [0, 0.05) is 24.2 Å². The molecular formula is C19H18N4O5S. The van der Waals surface area contributed by atoms with Crippen LogP contribution in [0.3, 0.4) is 0 Å². The Balaban J connectivity index is 1.65. The Bertz CT molecular complexity index is 1110. The summed E-state index contributed by atoms with van der Waals surface area (Å²) < 4.78 is 33.2. The van der Waals surface area contributed by atoms with Crippen molar-refractivity contribution in [3.63, 3.8) is 0 Å². The van der Waals surface area contributed by atoms with Gasteiger partial charge in [0.15, 0.2) is 0 Å². The van der Waals surface area contributed by atoms with Crippen LogP contribution < -0.4 is 0 Å². The number of piperidine rings is 1. The molecule has 2 heterocycles. The maximum absolute atomic E-state index is 13.2. The van der Waals surface area contributed by atoms with E-state index in [4.69, 9.17) is 4.52 Å². The van der Waals surface area contributed by atoms with E-state index in [2.05, 4.69) is 10.1 Å². The summed E-state index contributed by atoms with van der Waals surface area (Å²) in [5, 5.41) is 14.8. The van der Waals surface area contributed by atoms with Crippen molar-refractivity contribution in [3.8, 4) is 11.4 Å². The van der Waals surface area contributed by atoms with E-state index in [0.29, 0.717) is 25.2 Å². The highest BCUT2D eigenvalue weighted by molar-refractivity contribution is 7.89. The van der Waals surface area contributed by atoms with Crippen LogP contribution in [0.15, 0.2) is 64.0 Å². The third-order valence-electron chi connectivity index (χ3n) is 4.87. The molecule has 0 N–H and O–H groups in total. The topological polar surface area (TPSA) is 119 Å². The molecule has 0 spiro atoms. The van der Waals surface area contributed by atoms with Crippen molar-refractivity contribution in [2.45, 2.75) is 30.2 Å². The lowest BCUT2D eigenvalue weighted by atomic mass is 10.1. The second-order valence-corrected chi connectivity index (χ2v) is 8.59.